The fourth-order valence-corrected chi connectivity index (χ4v) is 5.09. The molecule has 2 aromatic rings. The predicted octanol–water partition coefficient (Wildman–Crippen LogP) is 4.18. The minimum absolute atomic E-state index is 0.0782. The van der Waals surface area contributed by atoms with Crippen molar-refractivity contribution in [2.75, 3.05) is 27.2 Å². The van der Waals surface area contributed by atoms with E-state index in [9.17, 15) is 0 Å². The number of rotatable bonds is 5. The molecule has 0 radical (unpaired) electrons. The monoisotopic (exact) mass is 326 g/mol. The van der Waals surface area contributed by atoms with E-state index in [4.69, 9.17) is 4.74 Å². The first-order valence-corrected chi connectivity index (χ1v) is 9.56. The zero-order valence-electron chi connectivity index (χ0n) is 15.3. The van der Waals surface area contributed by atoms with Crippen molar-refractivity contribution in [3.63, 3.8) is 0 Å². The maximum atomic E-state index is 6.67. The van der Waals surface area contributed by atoms with Gasteiger partial charge in [0.15, 0.2) is 0 Å². The highest BCUT2D eigenvalue weighted by Gasteiger charge is 2.49. The van der Waals surface area contributed by atoms with Crippen molar-refractivity contribution in [2.45, 2.75) is 51.2 Å². The van der Waals surface area contributed by atoms with Gasteiger partial charge in [0.2, 0.25) is 0 Å². The van der Waals surface area contributed by atoms with Crippen molar-refractivity contribution >= 4 is 10.9 Å². The van der Waals surface area contributed by atoms with Gasteiger partial charge < -0.3 is 14.2 Å². The molecule has 0 fully saturated rings. The first kappa shape index (κ1) is 16.2. The van der Waals surface area contributed by atoms with Crippen molar-refractivity contribution < 1.29 is 4.74 Å². The van der Waals surface area contributed by atoms with Crippen molar-refractivity contribution in [1.82, 2.24) is 9.47 Å². The molecule has 1 aromatic carbocycles. The Labute approximate surface area is 145 Å². The normalized spacial score (nSPS) is 26.1. The van der Waals surface area contributed by atoms with Gasteiger partial charge in [0, 0.05) is 29.9 Å². The van der Waals surface area contributed by atoms with E-state index < -0.39 is 0 Å². The van der Waals surface area contributed by atoms with Crippen LogP contribution >= 0.6 is 0 Å². The van der Waals surface area contributed by atoms with Crippen LogP contribution in [0, 0.1) is 5.92 Å². The van der Waals surface area contributed by atoms with Crippen LogP contribution in [0.15, 0.2) is 24.3 Å². The Bertz CT molecular complexity index is 700. The lowest BCUT2D eigenvalue weighted by atomic mass is 9.73. The number of ether oxygens (including phenoxy) is 1. The lowest BCUT2D eigenvalue weighted by molar-refractivity contribution is -0.130. The van der Waals surface area contributed by atoms with E-state index in [-0.39, 0.29) is 5.60 Å². The van der Waals surface area contributed by atoms with Gasteiger partial charge in [0.05, 0.1) is 12.3 Å². The number of aromatic nitrogens is 1. The molecule has 130 valence electrons. The number of unbranched alkanes of at least 4 members (excludes halogenated alkanes) is 1. The molecule has 3 heteroatoms. The van der Waals surface area contributed by atoms with Crippen LogP contribution < -0.4 is 0 Å². The lowest BCUT2D eigenvalue weighted by Crippen LogP contribution is -2.50. The van der Waals surface area contributed by atoms with Crippen LogP contribution in [0.5, 0.6) is 0 Å². The maximum absolute atomic E-state index is 6.67. The van der Waals surface area contributed by atoms with E-state index in [1.54, 1.807) is 5.56 Å². The molecule has 24 heavy (non-hydrogen) atoms. The smallest absolute Gasteiger partial charge is 0.112 e. The van der Waals surface area contributed by atoms with Gasteiger partial charge in [-0.15, -0.1) is 0 Å². The summed E-state index contributed by atoms with van der Waals surface area (Å²) in [7, 11) is 4.39. The molecule has 0 aliphatic carbocycles. The van der Waals surface area contributed by atoms with Gasteiger partial charge in [-0.3, -0.25) is 0 Å². The summed E-state index contributed by atoms with van der Waals surface area (Å²) in [6.07, 6.45) is 5.91. The number of hydrogen-bond donors (Lipinski definition) is 0. The van der Waals surface area contributed by atoms with Crippen molar-refractivity contribution in [2.24, 2.45) is 5.92 Å². The number of benzene rings is 1. The van der Waals surface area contributed by atoms with Gasteiger partial charge in [-0.25, -0.2) is 0 Å². The second-order valence-corrected chi connectivity index (χ2v) is 7.84. The summed E-state index contributed by atoms with van der Waals surface area (Å²) in [4.78, 5) is 2.34. The van der Waals surface area contributed by atoms with Gasteiger partial charge in [0.25, 0.3) is 0 Å². The fraction of sp³-hybridized carbons (Fsp3) is 0.619. The first-order chi connectivity index (χ1) is 11.7. The minimum Gasteiger partial charge on any atom is -0.368 e. The number of hydrogen-bond acceptors (Lipinski definition) is 2. The van der Waals surface area contributed by atoms with Gasteiger partial charge in [-0.05, 0) is 45.0 Å². The molecule has 0 saturated heterocycles. The molecule has 2 atom stereocenters. The SMILES string of the molecule is CCCCC12OCCc3c1n(c1ccccc31)CCC2CN(C)C. The molecule has 0 spiro atoms. The summed E-state index contributed by atoms with van der Waals surface area (Å²) >= 11 is 0. The largest absolute Gasteiger partial charge is 0.368 e. The molecule has 0 saturated carbocycles. The summed E-state index contributed by atoms with van der Waals surface area (Å²) in [6.45, 7) is 5.41. The number of aryl methyl sites for hydroxylation is 1. The molecule has 0 amide bonds. The number of fused-ring (bicyclic) bond motifs is 3. The minimum atomic E-state index is -0.0782. The van der Waals surface area contributed by atoms with Crippen LogP contribution in [0.1, 0.15) is 43.9 Å². The Kier molecular flexibility index (Phi) is 4.17. The van der Waals surface area contributed by atoms with Gasteiger partial charge in [0.1, 0.15) is 5.60 Å². The zero-order valence-corrected chi connectivity index (χ0v) is 15.3. The van der Waals surface area contributed by atoms with Crippen LogP contribution in [-0.2, 0) is 23.3 Å². The molecule has 4 rings (SSSR count). The second kappa shape index (κ2) is 6.20. The van der Waals surface area contributed by atoms with Crippen LogP contribution in [0.3, 0.4) is 0 Å². The van der Waals surface area contributed by atoms with Crippen molar-refractivity contribution in [3.8, 4) is 0 Å². The first-order valence-electron chi connectivity index (χ1n) is 9.56. The summed E-state index contributed by atoms with van der Waals surface area (Å²) in [6, 6.07) is 8.97. The van der Waals surface area contributed by atoms with E-state index in [2.05, 4.69) is 54.8 Å². The lowest BCUT2D eigenvalue weighted by Gasteiger charge is -2.48. The second-order valence-electron chi connectivity index (χ2n) is 7.84. The Morgan fingerprint density at radius 1 is 1.29 bits per heavy atom. The Hall–Kier alpha value is -1.32. The topological polar surface area (TPSA) is 17.4 Å². The quantitative estimate of drug-likeness (QED) is 0.820. The summed E-state index contributed by atoms with van der Waals surface area (Å²) in [5.41, 5.74) is 4.42. The standard InChI is InChI=1S/C21H30N2O/c1-4-5-12-21-16(15-22(2)3)10-13-23-19-9-7-6-8-17(19)18(20(21)23)11-14-24-21/h6-9,16H,4-5,10-15H2,1-3H3. The van der Waals surface area contributed by atoms with Crippen molar-refractivity contribution in [1.29, 1.82) is 0 Å². The number of nitrogens with zero attached hydrogens (tertiary/aromatic N) is 2. The average Bonchev–Trinajstić information content (AvgIpc) is 2.92. The average molecular weight is 326 g/mol. The molecule has 0 bridgehead atoms. The van der Waals surface area contributed by atoms with E-state index in [0.29, 0.717) is 5.92 Å². The Balaban J connectivity index is 1.91. The third-order valence-corrected chi connectivity index (χ3v) is 6.04. The van der Waals surface area contributed by atoms with E-state index in [1.807, 2.05) is 0 Å². The Morgan fingerprint density at radius 2 is 2.12 bits per heavy atom. The van der Waals surface area contributed by atoms with Gasteiger partial charge in [-0.1, -0.05) is 38.0 Å². The molecule has 1 aromatic heterocycles. The summed E-state index contributed by atoms with van der Waals surface area (Å²) in [5.74, 6) is 0.593. The van der Waals surface area contributed by atoms with Gasteiger partial charge >= 0.3 is 0 Å². The highest BCUT2D eigenvalue weighted by molar-refractivity contribution is 5.86. The molecule has 0 N–H and O–H groups in total. The third-order valence-electron chi connectivity index (χ3n) is 6.04. The van der Waals surface area contributed by atoms with E-state index in [0.717, 1.165) is 32.5 Å². The van der Waals surface area contributed by atoms with Gasteiger partial charge in [-0.2, -0.15) is 0 Å². The summed E-state index contributed by atoms with van der Waals surface area (Å²) < 4.78 is 9.26. The molecule has 3 nitrogen and oxygen atoms in total. The Morgan fingerprint density at radius 3 is 2.92 bits per heavy atom. The van der Waals surface area contributed by atoms with Crippen LogP contribution in [0.4, 0.5) is 0 Å². The van der Waals surface area contributed by atoms with Crippen LogP contribution in [0.2, 0.25) is 0 Å². The molecule has 2 unspecified atom stereocenters. The molecular weight excluding hydrogens is 296 g/mol. The van der Waals surface area contributed by atoms with E-state index in [1.165, 1.54) is 35.9 Å². The molecular formula is C21H30N2O. The third kappa shape index (κ3) is 2.33. The molecule has 2 aliphatic heterocycles. The zero-order chi connectivity index (χ0) is 16.7. The van der Waals surface area contributed by atoms with Crippen LogP contribution in [0.25, 0.3) is 10.9 Å². The predicted molar refractivity (Wildman–Crippen MR) is 99.5 cm³/mol. The highest BCUT2D eigenvalue weighted by Crippen LogP contribution is 2.50. The van der Waals surface area contributed by atoms with Crippen molar-refractivity contribution in [3.05, 3.63) is 35.5 Å². The maximum Gasteiger partial charge on any atom is 0.112 e. The fourth-order valence-electron chi connectivity index (χ4n) is 5.09. The molecule has 2 aliphatic rings. The number of para-hydroxylation sites is 1. The molecule has 3 heterocycles. The van der Waals surface area contributed by atoms with E-state index >= 15 is 0 Å². The summed E-state index contributed by atoms with van der Waals surface area (Å²) in [5, 5.41) is 1.46. The highest BCUT2D eigenvalue weighted by atomic mass is 16.5. The van der Waals surface area contributed by atoms with Crippen LogP contribution in [-0.4, -0.2) is 36.7 Å².